The molecule has 0 aliphatic heterocycles. The van der Waals surface area contributed by atoms with Crippen molar-refractivity contribution >= 4 is 27.4 Å². The van der Waals surface area contributed by atoms with Crippen LogP contribution in [0.2, 0.25) is 0 Å². The van der Waals surface area contributed by atoms with Crippen molar-refractivity contribution in [2.45, 2.75) is 0 Å². The number of nitrogens with zero attached hydrogens (tertiary/aromatic N) is 2. The van der Waals surface area contributed by atoms with Crippen LogP contribution in [0.15, 0.2) is 47.1 Å². The highest BCUT2D eigenvalue weighted by Gasteiger charge is 2.14. The van der Waals surface area contributed by atoms with Crippen molar-refractivity contribution in [2.24, 2.45) is 0 Å². The van der Waals surface area contributed by atoms with Gasteiger partial charge in [-0.25, -0.2) is 4.98 Å². The molecule has 2 heterocycles. The number of rotatable bonds is 2. The lowest BCUT2D eigenvalue weighted by Crippen LogP contribution is -1.95. The molecule has 1 aromatic carbocycles. The second-order valence-corrected chi connectivity index (χ2v) is 5.04. The highest BCUT2D eigenvalue weighted by molar-refractivity contribution is 9.10. The summed E-state index contributed by atoms with van der Waals surface area (Å²) < 4.78 is 8.13. The third kappa shape index (κ3) is 1.96. The average Bonchev–Trinajstić information content (AvgIpc) is 2.76. The van der Waals surface area contributed by atoms with Crippen LogP contribution in [0.1, 0.15) is 0 Å². The molecule has 3 rings (SSSR count). The predicted octanol–water partition coefficient (Wildman–Crippen LogP) is 3.35. The van der Waals surface area contributed by atoms with Crippen molar-refractivity contribution < 1.29 is 4.74 Å². The number of benzene rings is 1. The van der Waals surface area contributed by atoms with Crippen molar-refractivity contribution in [1.29, 1.82) is 0 Å². The molecule has 0 unspecified atom stereocenters. The smallest absolute Gasteiger partial charge is 0.181 e. The number of hydrogen-bond donors (Lipinski definition) is 1. The van der Waals surface area contributed by atoms with E-state index in [1.807, 2.05) is 47.0 Å². The molecule has 0 saturated heterocycles. The number of imidazole rings is 1. The van der Waals surface area contributed by atoms with Crippen LogP contribution in [0.3, 0.4) is 0 Å². The van der Waals surface area contributed by atoms with Gasteiger partial charge in [0.25, 0.3) is 0 Å². The van der Waals surface area contributed by atoms with E-state index in [2.05, 4.69) is 20.9 Å². The zero-order chi connectivity index (χ0) is 13.4. The SMILES string of the molecule is COc1cccn2c(N)c(-c3cccc(Br)c3)nc12. The molecular formula is C14H12BrN3O. The Balaban J connectivity index is 2.28. The van der Waals surface area contributed by atoms with Gasteiger partial charge in [0, 0.05) is 16.2 Å². The Labute approximate surface area is 119 Å². The molecule has 2 N–H and O–H groups in total. The molecule has 0 saturated carbocycles. The third-order valence-electron chi connectivity index (χ3n) is 2.97. The van der Waals surface area contributed by atoms with Crippen LogP contribution in [0.4, 0.5) is 5.82 Å². The Hall–Kier alpha value is -2.01. The number of nitrogens with two attached hydrogens (primary N) is 1. The first-order valence-corrected chi connectivity index (χ1v) is 6.56. The molecular weight excluding hydrogens is 306 g/mol. The molecule has 19 heavy (non-hydrogen) atoms. The molecule has 0 radical (unpaired) electrons. The molecule has 0 amide bonds. The lowest BCUT2D eigenvalue weighted by Gasteiger charge is -2.01. The van der Waals surface area contributed by atoms with Gasteiger partial charge in [-0.15, -0.1) is 0 Å². The van der Waals surface area contributed by atoms with Crippen LogP contribution in [0, 0.1) is 0 Å². The number of hydrogen-bond acceptors (Lipinski definition) is 3. The fraction of sp³-hybridized carbons (Fsp3) is 0.0714. The van der Waals surface area contributed by atoms with Crippen LogP contribution in [0.5, 0.6) is 5.75 Å². The van der Waals surface area contributed by atoms with Crippen molar-refractivity contribution in [3.05, 3.63) is 47.1 Å². The van der Waals surface area contributed by atoms with Gasteiger partial charge in [0.2, 0.25) is 0 Å². The normalized spacial score (nSPS) is 10.8. The summed E-state index contributed by atoms with van der Waals surface area (Å²) in [5, 5.41) is 0. The number of aromatic nitrogens is 2. The summed E-state index contributed by atoms with van der Waals surface area (Å²) >= 11 is 3.46. The Morgan fingerprint density at radius 2 is 2.11 bits per heavy atom. The first-order valence-electron chi connectivity index (χ1n) is 5.77. The minimum Gasteiger partial charge on any atom is -0.493 e. The van der Waals surface area contributed by atoms with Gasteiger partial charge in [0.05, 0.1) is 7.11 Å². The number of nitrogen functional groups attached to an aromatic ring is 1. The fourth-order valence-electron chi connectivity index (χ4n) is 2.07. The maximum absolute atomic E-state index is 6.17. The molecule has 0 aliphatic carbocycles. The molecule has 96 valence electrons. The summed E-state index contributed by atoms with van der Waals surface area (Å²) in [6.07, 6.45) is 1.88. The van der Waals surface area contributed by atoms with Crippen LogP contribution < -0.4 is 10.5 Å². The molecule has 2 aromatic heterocycles. The Kier molecular flexibility index (Phi) is 2.91. The standard InChI is InChI=1S/C14H12BrN3O/c1-19-11-6-3-7-18-13(16)12(17-14(11)18)9-4-2-5-10(15)8-9/h2-8H,16H2,1H3. The van der Waals surface area contributed by atoms with Crippen LogP contribution in [0.25, 0.3) is 16.9 Å². The minimum absolute atomic E-state index is 0.604. The average molecular weight is 318 g/mol. The zero-order valence-electron chi connectivity index (χ0n) is 10.3. The van der Waals surface area contributed by atoms with Gasteiger partial charge in [0.1, 0.15) is 11.5 Å². The monoisotopic (exact) mass is 317 g/mol. The van der Waals surface area contributed by atoms with E-state index in [9.17, 15) is 0 Å². The first-order chi connectivity index (χ1) is 9.20. The number of anilines is 1. The minimum atomic E-state index is 0.604. The van der Waals surface area contributed by atoms with E-state index >= 15 is 0 Å². The molecule has 3 aromatic rings. The summed E-state index contributed by atoms with van der Waals surface area (Å²) in [4.78, 5) is 4.59. The second kappa shape index (κ2) is 4.59. The Morgan fingerprint density at radius 3 is 2.84 bits per heavy atom. The van der Waals surface area contributed by atoms with Gasteiger partial charge in [0.15, 0.2) is 11.4 Å². The first kappa shape index (κ1) is 12.0. The van der Waals surface area contributed by atoms with Gasteiger partial charge >= 0.3 is 0 Å². The lowest BCUT2D eigenvalue weighted by molar-refractivity contribution is 0.417. The van der Waals surface area contributed by atoms with Crippen molar-refractivity contribution in [1.82, 2.24) is 9.38 Å². The third-order valence-corrected chi connectivity index (χ3v) is 3.46. The van der Waals surface area contributed by atoms with Crippen LogP contribution in [-0.2, 0) is 0 Å². The topological polar surface area (TPSA) is 52.5 Å². The maximum Gasteiger partial charge on any atom is 0.181 e. The number of ether oxygens (including phenoxy) is 1. The molecule has 5 heteroatoms. The van der Waals surface area contributed by atoms with Gasteiger partial charge in [-0.3, -0.25) is 4.40 Å². The molecule has 0 atom stereocenters. The van der Waals surface area contributed by atoms with E-state index in [1.165, 1.54) is 0 Å². The van der Waals surface area contributed by atoms with E-state index < -0.39 is 0 Å². The molecule has 0 bridgehead atoms. The van der Waals surface area contributed by atoms with Gasteiger partial charge < -0.3 is 10.5 Å². The maximum atomic E-state index is 6.17. The second-order valence-electron chi connectivity index (χ2n) is 4.13. The quantitative estimate of drug-likeness (QED) is 0.788. The summed E-state index contributed by atoms with van der Waals surface area (Å²) in [5.41, 5.74) is 8.62. The van der Waals surface area contributed by atoms with E-state index in [4.69, 9.17) is 10.5 Å². The summed E-state index contributed by atoms with van der Waals surface area (Å²) in [7, 11) is 1.62. The Morgan fingerprint density at radius 1 is 1.26 bits per heavy atom. The summed E-state index contributed by atoms with van der Waals surface area (Å²) in [5.74, 6) is 1.31. The van der Waals surface area contributed by atoms with Gasteiger partial charge in [-0.2, -0.15) is 0 Å². The number of halogens is 1. The van der Waals surface area contributed by atoms with E-state index in [0.717, 1.165) is 21.4 Å². The van der Waals surface area contributed by atoms with Gasteiger partial charge in [-0.1, -0.05) is 28.1 Å². The largest absolute Gasteiger partial charge is 0.493 e. The molecule has 4 nitrogen and oxygen atoms in total. The van der Waals surface area contributed by atoms with Crippen molar-refractivity contribution in [3.63, 3.8) is 0 Å². The van der Waals surface area contributed by atoms with E-state index in [-0.39, 0.29) is 0 Å². The summed E-state index contributed by atoms with van der Waals surface area (Å²) in [6.45, 7) is 0. The van der Waals surface area contributed by atoms with Crippen molar-refractivity contribution in [2.75, 3.05) is 12.8 Å². The fourth-order valence-corrected chi connectivity index (χ4v) is 2.47. The van der Waals surface area contributed by atoms with Crippen molar-refractivity contribution in [3.8, 4) is 17.0 Å². The molecule has 0 spiro atoms. The Bertz CT molecular complexity index is 752. The number of methoxy groups -OCH3 is 1. The highest BCUT2D eigenvalue weighted by Crippen LogP contribution is 2.31. The zero-order valence-corrected chi connectivity index (χ0v) is 11.9. The highest BCUT2D eigenvalue weighted by atomic mass is 79.9. The van der Waals surface area contributed by atoms with Gasteiger partial charge in [-0.05, 0) is 24.3 Å². The molecule has 0 aliphatic rings. The summed E-state index contributed by atoms with van der Waals surface area (Å²) in [6, 6.07) is 11.6. The van der Waals surface area contributed by atoms with Crippen LogP contribution in [-0.4, -0.2) is 16.5 Å². The molecule has 0 fully saturated rings. The van der Waals surface area contributed by atoms with E-state index in [1.54, 1.807) is 7.11 Å². The van der Waals surface area contributed by atoms with E-state index in [0.29, 0.717) is 11.6 Å². The number of fused-ring (bicyclic) bond motifs is 1. The predicted molar refractivity (Wildman–Crippen MR) is 79.3 cm³/mol. The van der Waals surface area contributed by atoms with Crippen LogP contribution >= 0.6 is 15.9 Å². The lowest BCUT2D eigenvalue weighted by atomic mass is 10.1. The number of pyridine rings is 1.